The van der Waals surface area contributed by atoms with Gasteiger partial charge in [-0.15, -0.1) is 35.3 Å². The van der Waals surface area contributed by atoms with Gasteiger partial charge in [0.2, 0.25) is 5.88 Å². The molecule has 0 saturated carbocycles. The Kier molecular flexibility index (Phi) is 6.62. The van der Waals surface area contributed by atoms with Crippen LogP contribution in [0.3, 0.4) is 0 Å². The second-order valence-electron chi connectivity index (χ2n) is 9.45. The highest BCUT2D eigenvalue weighted by atomic mass is 32.2. The van der Waals surface area contributed by atoms with Crippen molar-refractivity contribution in [1.29, 1.82) is 0 Å². The van der Waals surface area contributed by atoms with Gasteiger partial charge in [-0.3, -0.25) is 9.36 Å². The van der Waals surface area contributed by atoms with Gasteiger partial charge in [-0.25, -0.2) is 14.9 Å². The number of fused-ring (bicyclic) bond motifs is 4. The zero-order chi connectivity index (χ0) is 28.0. The Labute approximate surface area is 246 Å². The normalized spacial score (nSPS) is 23.4. The third-order valence-corrected chi connectivity index (χ3v) is 15.9. The molecule has 1 atom stereocenters. The highest BCUT2D eigenvalue weighted by molar-refractivity contribution is 8.26. The quantitative estimate of drug-likeness (QED) is 0.272. The first-order valence-corrected chi connectivity index (χ1v) is 17.8. The monoisotopic (exact) mass is 637 g/mol. The van der Waals surface area contributed by atoms with E-state index < -0.39 is 28.4 Å². The van der Waals surface area contributed by atoms with E-state index >= 15 is 0 Å². The first kappa shape index (κ1) is 27.4. The Hall–Kier alpha value is -1.73. The largest absolute Gasteiger partial charge is 0.493 e. The number of thioether (sulfide) groups is 4. The summed E-state index contributed by atoms with van der Waals surface area (Å²) >= 11 is 6.99. The lowest BCUT2D eigenvalue weighted by atomic mass is 9.89. The van der Waals surface area contributed by atoms with Crippen molar-refractivity contribution in [2.24, 2.45) is 0 Å². The fourth-order valence-corrected chi connectivity index (χ4v) is 14.1. The Morgan fingerprint density at radius 2 is 1.82 bits per heavy atom. The summed E-state index contributed by atoms with van der Waals surface area (Å²) in [6.07, 6.45) is 1.96. The fourth-order valence-electron chi connectivity index (χ4n) is 5.14. The molecule has 39 heavy (non-hydrogen) atoms. The molecular weight excluding hydrogens is 614 g/mol. The molecular formula is C25H24N3O5PS5. The lowest BCUT2D eigenvalue weighted by Gasteiger charge is -2.45. The maximum Gasteiger partial charge on any atom is 0.348 e. The number of benzene rings is 1. The van der Waals surface area contributed by atoms with Gasteiger partial charge in [0.15, 0.2) is 0 Å². The number of aromatic nitrogens is 1. The van der Waals surface area contributed by atoms with Gasteiger partial charge >= 0.3 is 18.4 Å². The molecule has 1 spiro atoms. The van der Waals surface area contributed by atoms with E-state index in [1.807, 2.05) is 25.3 Å². The minimum atomic E-state index is -4.55. The Morgan fingerprint density at radius 1 is 1.13 bits per heavy atom. The van der Waals surface area contributed by atoms with Gasteiger partial charge in [0, 0.05) is 16.9 Å². The number of nitrogens with one attached hydrogen (secondary N) is 1. The van der Waals surface area contributed by atoms with E-state index in [2.05, 4.69) is 32.3 Å². The molecule has 14 heteroatoms. The minimum Gasteiger partial charge on any atom is -0.493 e. The highest BCUT2D eigenvalue weighted by Gasteiger charge is 2.57. The van der Waals surface area contributed by atoms with Crippen LogP contribution in [-0.4, -0.2) is 24.8 Å². The van der Waals surface area contributed by atoms with Crippen LogP contribution in [0.2, 0.25) is 0 Å². The third-order valence-electron chi connectivity index (χ3n) is 7.25. The van der Waals surface area contributed by atoms with Crippen LogP contribution >= 0.6 is 65.9 Å². The van der Waals surface area contributed by atoms with E-state index in [4.69, 9.17) is 0 Å². The standard InChI is InChI=1S/C25H24N3O5PS5/c1-11-17-6-7-35-9-16(17)8-18-20-22(37-13(3)12(2)25(20)38-14(4)15(5)39-25)34(32,33)28(21(11)18)23(30)26-27-19(29)10-36-24(27)31/h6-8,10,29H,9H2,1-5H3,(H,26,30)(H,32,33). The van der Waals surface area contributed by atoms with Gasteiger partial charge in [-0.2, -0.15) is 4.68 Å². The number of urea groups is 1. The summed E-state index contributed by atoms with van der Waals surface area (Å²) in [7, 11) is -4.55. The van der Waals surface area contributed by atoms with E-state index in [-0.39, 0.29) is 4.65 Å². The lowest BCUT2D eigenvalue weighted by molar-refractivity contribution is 0.255. The molecule has 1 aromatic carbocycles. The van der Waals surface area contributed by atoms with E-state index in [1.54, 1.807) is 35.3 Å². The van der Waals surface area contributed by atoms with Gasteiger partial charge in [-0.1, -0.05) is 23.1 Å². The minimum absolute atomic E-state index is 0.246. The van der Waals surface area contributed by atoms with Crippen LogP contribution in [0.15, 0.2) is 46.6 Å². The van der Waals surface area contributed by atoms with Crippen LogP contribution in [0.25, 0.3) is 11.6 Å². The molecule has 0 fully saturated rings. The van der Waals surface area contributed by atoms with Crippen molar-refractivity contribution >= 4 is 89.3 Å². The van der Waals surface area contributed by atoms with Crippen molar-refractivity contribution in [2.75, 3.05) is 10.1 Å². The first-order valence-electron chi connectivity index (χ1n) is 11.8. The number of hydrogen-bond acceptors (Lipinski definition) is 9. The molecule has 5 heterocycles. The first-order chi connectivity index (χ1) is 18.4. The molecule has 0 aliphatic carbocycles. The average Bonchev–Trinajstić information content (AvgIpc) is 3.36. The number of hydrogen-bond donors (Lipinski definition) is 3. The molecule has 0 bridgehead atoms. The lowest BCUT2D eigenvalue weighted by Crippen LogP contribution is -2.42. The van der Waals surface area contributed by atoms with E-state index in [0.717, 1.165) is 53.0 Å². The van der Waals surface area contributed by atoms with Crippen LogP contribution in [0.1, 0.15) is 49.9 Å². The smallest absolute Gasteiger partial charge is 0.348 e. The number of aromatic hydroxyl groups is 1. The summed E-state index contributed by atoms with van der Waals surface area (Å²) in [5.41, 5.74) is 8.00. The number of carbonyl (C=O) groups is 1. The Bertz CT molecular complexity index is 1720. The second kappa shape index (κ2) is 9.40. The number of allylic oxidation sites excluding steroid dienone is 3. The Morgan fingerprint density at radius 3 is 2.46 bits per heavy atom. The predicted molar refractivity (Wildman–Crippen MR) is 168 cm³/mol. The number of rotatable bonds is 1. The number of nitrogens with zero attached hydrogens (tertiary/aromatic N) is 2. The van der Waals surface area contributed by atoms with Crippen LogP contribution in [0.4, 0.5) is 10.5 Å². The zero-order valence-electron chi connectivity index (χ0n) is 21.5. The summed E-state index contributed by atoms with van der Waals surface area (Å²) in [5.74, 6) is 0.287. The van der Waals surface area contributed by atoms with E-state index in [9.17, 15) is 24.2 Å². The van der Waals surface area contributed by atoms with Crippen LogP contribution in [0, 0.1) is 6.92 Å². The van der Waals surface area contributed by atoms with Gasteiger partial charge < -0.3 is 10.00 Å². The summed E-state index contributed by atoms with van der Waals surface area (Å²) in [5, 5.41) is 13.3. The molecule has 204 valence electrons. The highest BCUT2D eigenvalue weighted by Crippen LogP contribution is 2.76. The number of thiazole rings is 1. The molecule has 3 N–H and O–H groups in total. The SMILES string of the molecule is CC1=C(C)SC2(S1)C(C)=C(C)SC1=C2c2cc3c(c(C)c2N(C(=O)Nn2c(O)csc2=O)P1(=O)O)C=CSC3. The van der Waals surface area contributed by atoms with Crippen molar-refractivity contribution in [1.82, 2.24) is 4.68 Å². The van der Waals surface area contributed by atoms with Crippen LogP contribution in [-0.2, 0) is 10.3 Å². The van der Waals surface area contributed by atoms with Crippen molar-refractivity contribution in [3.63, 3.8) is 0 Å². The predicted octanol–water partition coefficient (Wildman–Crippen LogP) is 7.65. The van der Waals surface area contributed by atoms with Crippen molar-refractivity contribution in [3.8, 4) is 5.88 Å². The maximum absolute atomic E-state index is 14.6. The number of amides is 2. The van der Waals surface area contributed by atoms with Gasteiger partial charge in [0.1, 0.15) is 8.73 Å². The van der Waals surface area contributed by atoms with Crippen molar-refractivity contribution in [2.45, 2.75) is 44.5 Å². The number of carbonyl (C=O) groups excluding carboxylic acids is 1. The molecule has 2 amide bonds. The van der Waals surface area contributed by atoms with Gasteiger partial charge in [0.25, 0.3) is 0 Å². The number of anilines is 1. The van der Waals surface area contributed by atoms with Crippen molar-refractivity contribution in [3.05, 3.63) is 73.7 Å². The van der Waals surface area contributed by atoms with E-state index in [0.29, 0.717) is 27.3 Å². The van der Waals surface area contributed by atoms with Crippen LogP contribution in [0.5, 0.6) is 5.88 Å². The summed E-state index contributed by atoms with van der Waals surface area (Å²) in [4.78, 5) is 40.7. The molecule has 4 aliphatic rings. The summed E-state index contributed by atoms with van der Waals surface area (Å²) in [6.45, 7) is 10.0. The van der Waals surface area contributed by atoms with Gasteiger partial charge in [0.05, 0.1) is 11.1 Å². The van der Waals surface area contributed by atoms with E-state index in [1.165, 1.54) is 17.1 Å². The molecule has 1 aromatic heterocycles. The maximum atomic E-state index is 14.6. The topological polar surface area (TPSA) is 112 Å². The molecule has 6 rings (SSSR count). The van der Waals surface area contributed by atoms with Crippen molar-refractivity contribution < 1.29 is 19.4 Å². The molecule has 1 unspecified atom stereocenters. The summed E-state index contributed by atoms with van der Waals surface area (Å²) in [6, 6.07) is 1.08. The molecule has 0 saturated heterocycles. The Balaban J connectivity index is 1.65. The third kappa shape index (κ3) is 3.92. The molecule has 2 aromatic rings. The molecule has 8 nitrogen and oxygen atoms in total. The molecule has 0 radical (unpaired) electrons. The zero-order valence-corrected chi connectivity index (χ0v) is 26.5. The second-order valence-corrected chi connectivity index (χ2v) is 17.7. The fraction of sp³-hybridized carbons (Fsp3) is 0.280. The summed E-state index contributed by atoms with van der Waals surface area (Å²) < 4.78 is 15.8. The average molecular weight is 638 g/mol. The van der Waals surface area contributed by atoms with Crippen LogP contribution < -0.4 is 15.0 Å². The molecule has 4 aliphatic heterocycles. The van der Waals surface area contributed by atoms with Gasteiger partial charge in [-0.05, 0) is 89.1 Å².